The van der Waals surface area contributed by atoms with Gasteiger partial charge < -0.3 is 10.2 Å². The van der Waals surface area contributed by atoms with E-state index in [2.05, 4.69) is 13.5 Å². The van der Waals surface area contributed by atoms with Gasteiger partial charge in [0.25, 0.3) is 0 Å². The second kappa shape index (κ2) is 25.3. The fourth-order valence-corrected chi connectivity index (χ4v) is 2.65. The van der Waals surface area contributed by atoms with Gasteiger partial charge in [-0.15, -0.1) is 0 Å². The van der Waals surface area contributed by atoms with E-state index in [-0.39, 0.29) is 25.1 Å². The Morgan fingerprint density at radius 2 is 0.926 bits per heavy atom. The Kier molecular flexibility index (Phi) is 29.1. The second-order valence-electron chi connectivity index (χ2n) is 7.18. The van der Waals surface area contributed by atoms with E-state index >= 15 is 0 Å². The van der Waals surface area contributed by atoms with Crippen molar-refractivity contribution in [2.45, 2.75) is 117 Å². The summed E-state index contributed by atoms with van der Waals surface area (Å²) in [6, 6.07) is 0. The minimum absolute atomic E-state index is 0. The third-order valence-corrected chi connectivity index (χ3v) is 4.36. The van der Waals surface area contributed by atoms with Gasteiger partial charge >= 0.3 is 11.9 Å². The van der Waals surface area contributed by atoms with Crippen molar-refractivity contribution in [2.24, 2.45) is 0 Å². The van der Waals surface area contributed by atoms with Gasteiger partial charge in [-0.2, -0.15) is 0 Å². The van der Waals surface area contributed by atoms with Crippen LogP contribution in [0.2, 0.25) is 0 Å². The molecule has 4 nitrogen and oxygen atoms in total. The van der Waals surface area contributed by atoms with Crippen molar-refractivity contribution >= 4 is 11.9 Å². The molecule has 0 aliphatic heterocycles. The Morgan fingerprint density at radius 3 is 1.15 bits per heavy atom. The van der Waals surface area contributed by atoms with Gasteiger partial charge in [0.1, 0.15) is 0 Å². The molecule has 0 aliphatic rings. The molecule has 2 N–H and O–H groups in total. The molecule has 0 saturated carbocycles. The summed E-state index contributed by atoms with van der Waals surface area (Å²) in [6.45, 7) is 6.87. The van der Waals surface area contributed by atoms with Crippen molar-refractivity contribution in [3.8, 4) is 0 Å². The Labute approximate surface area is 180 Å². The van der Waals surface area contributed by atoms with Gasteiger partial charge in [0, 0.05) is 31.5 Å². The molecular formula is C22H42O4Zn. The summed E-state index contributed by atoms with van der Waals surface area (Å²) >= 11 is 0. The van der Waals surface area contributed by atoms with Gasteiger partial charge in [-0.25, -0.2) is 4.79 Å². The summed E-state index contributed by atoms with van der Waals surface area (Å²) in [5.74, 6) is -1.59. The maximum absolute atomic E-state index is 10.3. The molecule has 0 aromatic carbocycles. The van der Waals surface area contributed by atoms with E-state index in [4.69, 9.17) is 10.2 Å². The maximum Gasteiger partial charge on any atom is 0.330 e. The van der Waals surface area contributed by atoms with Crippen LogP contribution in [-0.4, -0.2) is 22.2 Å². The molecule has 0 unspecified atom stereocenters. The van der Waals surface area contributed by atoms with Crippen LogP contribution in [0.5, 0.6) is 0 Å². The minimum Gasteiger partial charge on any atom is -0.481 e. The predicted molar refractivity (Wildman–Crippen MR) is 110 cm³/mol. The first-order valence-electron chi connectivity index (χ1n) is 10.5. The van der Waals surface area contributed by atoms with Crippen LogP contribution in [0.3, 0.4) is 0 Å². The van der Waals surface area contributed by atoms with Gasteiger partial charge in [-0.3, -0.25) is 4.79 Å². The standard InChI is InChI=1S/C18H36O2.C4H6O2.Zn/c1-2-3-4-5-6-7-8-9-10-11-12-13-14-15-16-17-18(19)20;1-3(2)4(5)6;/h2-17H2,1H3,(H,19,20);1H2,2H3,(H,5,6);. The average molecular weight is 436 g/mol. The molecule has 0 atom stereocenters. The molecule has 0 radical (unpaired) electrons. The zero-order valence-corrected chi connectivity index (χ0v) is 20.9. The molecule has 0 aliphatic carbocycles. The van der Waals surface area contributed by atoms with Gasteiger partial charge in [-0.05, 0) is 13.3 Å². The fourth-order valence-electron chi connectivity index (χ4n) is 2.65. The molecule has 0 fully saturated rings. The number of carbonyl (C=O) groups is 2. The second-order valence-corrected chi connectivity index (χ2v) is 7.18. The first-order chi connectivity index (χ1) is 12.4. The van der Waals surface area contributed by atoms with Crippen LogP contribution in [-0.2, 0) is 29.1 Å². The van der Waals surface area contributed by atoms with E-state index in [0.29, 0.717) is 6.42 Å². The monoisotopic (exact) mass is 434 g/mol. The predicted octanol–water partition coefficient (Wildman–Crippen LogP) is 6.98. The zero-order valence-electron chi connectivity index (χ0n) is 17.9. The van der Waals surface area contributed by atoms with Crippen molar-refractivity contribution in [2.75, 3.05) is 0 Å². The summed E-state index contributed by atoms with van der Waals surface area (Å²) in [5.41, 5.74) is 0.176. The fraction of sp³-hybridized carbons (Fsp3) is 0.818. The van der Waals surface area contributed by atoms with Crippen molar-refractivity contribution in [3.63, 3.8) is 0 Å². The molecule has 27 heavy (non-hydrogen) atoms. The van der Waals surface area contributed by atoms with Gasteiger partial charge in [-0.1, -0.05) is 103 Å². The molecular weight excluding hydrogens is 394 g/mol. The molecule has 0 rings (SSSR count). The van der Waals surface area contributed by atoms with Crippen LogP contribution >= 0.6 is 0 Å². The number of aliphatic carboxylic acids is 2. The smallest absolute Gasteiger partial charge is 0.330 e. The third kappa shape index (κ3) is 33.3. The summed E-state index contributed by atoms with van der Waals surface area (Å²) in [5, 5.41) is 16.4. The molecule has 0 saturated heterocycles. The number of carboxylic acid groups (broad SMARTS) is 2. The largest absolute Gasteiger partial charge is 0.481 e. The third-order valence-electron chi connectivity index (χ3n) is 4.36. The van der Waals surface area contributed by atoms with E-state index in [1.54, 1.807) is 0 Å². The Morgan fingerprint density at radius 1 is 0.667 bits per heavy atom. The topological polar surface area (TPSA) is 74.6 Å². The molecule has 156 valence electrons. The number of hydrogen-bond donors (Lipinski definition) is 2. The molecule has 0 heterocycles. The minimum atomic E-state index is -0.935. The van der Waals surface area contributed by atoms with Gasteiger partial charge in [0.15, 0.2) is 0 Å². The van der Waals surface area contributed by atoms with E-state index in [1.165, 1.54) is 90.4 Å². The van der Waals surface area contributed by atoms with Crippen LogP contribution in [0.15, 0.2) is 12.2 Å². The van der Waals surface area contributed by atoms with E-state index in [9.17, 15) is 9.59 Å². The van der Waals surface area contributed by atoms with E-state index < -0.39 is 11.9 Å². The van der Waals surface area contributed by atoms with Crippen LogP contribution in [0.4, 0.5) is 0 Å². The Balaban J connectivity index is -0.000000709. The Bertz CT molecular complexity index is 344. The molecule has 0 aromatic heterocycles. The maximum atomic E-state index is 10.3. The van der Waals surface area contributed by atoms with Crippen LogP contribution < -0.4 is 0 Å². The van der Waals surface area contributed by atoms with Gasteiger partial charge in [0.2, 0.25) is 0 Å². The molecule has 0 aromatic rings. The summed E-state index contributed by atoms with van der Waals surface area (Å²) in [6.07, 6.45) is 20.2. The van der Waals surface area contributed by atoms with Crippen LogP contribution in [0, 0.1) is 0 Å². The average Bonchev–Trinajstić information content (AvgIpc) is 2.58. The molecule has 5 heteroatoms. The van der Waals surface area contributed by atoms with E-state index in [0.717, 1.165) is 12.8 Å². The quantitative estimate of drug-likeness (QED) is 0.147. The number of unbranched alkanes of at least 4 members (excludes halogenated alkanes) is 14. The van der Waals surface area contributed by atoms with Crippen molar-refractivity contribution in [1.82, 2.24) is 0 Å². The summed E-state index contributed by atoms with van der Waals surface area (Å²) < 4.78 is 0. The molecule has 0 spiro atoms. The number of rotatable bonds is 17. The number of hydrogen-bond acceptors (Lipinski definition) is 2. The first kappa shape index (κ1) is 31.0. The van der Waals surface area contributed by atoms with Crippen LogP contribution in [0.1, 0.15) is 117 Å². The first-order valence-corrected chi connectivity index (χ1v) is 10.5. The van der Waals surface area contributed by atoms with Crippen LogP contribution in [0.25, 0.3) is 0 Å². The zero-order chi connectivity index (χ0) is 20.0. The number of carboxylic acids is 2. The summed E-state index contributed by atoms with van der Waals surface area (Å²) in [7, 11) is 0. The van der Waals surface area contributed by atoms with Gasteiger partial charge in [0.05, 0.1) is 0 Å². The molecule has 0 bridgehead atoms. The SMILES string of the molecule is C=C(C)C(=O)O.CCCCCCCCCCCCCCCCCC(=O)O.[Zn]. The normalized spacial score (nSPS) is 9.70. The summed E-state index contributed by atoms with van der Waals surface area (Å²) in [4.78, 5) is 19.9. The Hall–Kier alpha value is -0.697. The van der Waals surface area contributed by atoms with Crippen molar-refractivity contribution in [3.05, 3.63) is 12.2 Å². The van der Waals surface area contributed by atoms with Crippen molar-refractivity contribution < 1.29 is 39.3 Å². The van der Waals surface area contributed by atoms with E-state index in [1.807, 2.05) is 0 Å². The van der Waals surface area contributed by atoms with Crippen molar-refractivity contribution in [1.29, 1.82) is 0 Å². The molecule has 0 amide bonds.